The predicted molar refractivity (Wildman–Crippen MR) is 161 cm³/mol. The van der Waals surface area contributed by atoms with Gasteiger partial charge in [0.15, 0.2) is 5.44 Å². The van der Waals surface area contributed by atoms with E-state index in [4.69, 9.17) is 4.74 Å². The van der Waals surface area contributed by atoms with Gasteiger partial charge in [-0.1, -0.05) is 134 Å². The molecule has 1 atom stereocenters. The van der Waals surface area contributed by atoms with Crippen molar-refractivity contribution in [2.75, 3.05) is 6.61 Å². The molecule has 0 amide bonds. The van der Waals surface area contributed by atoms with Crippen LogP contribution in [0, 0.1) is 0 Å². The third-order valence-electron chi connectivity index (χ3n) is 7.03. The van der Waals surface area contributed by atoms with E-state index in [9.17, 15) is 13.5 Å². The molecule has 0 saturated heterocycles. The normalized spacial score (nSPS) is 12.7. The molecule has 0 aliphatic carbocycles. The van der Waals surface area contributed by atoms with Crippen LogP contribution >= 0.6 is 0 Å². The number of aliphatic hydroxyl groups excluding tert-OH is 1. The average Bonchev–Trinajstić information content (AvgIpc) is 2.94. The van der Waals surface area contributed by atoms with Crippen molar-refractivity contribution in [1.82, 2.24) is 0 Å². The Kier molecular flexibility index (Phi) is 16.1. The molecule has 2 aromatic carbocycles. The van der Waals surface area contributed by atoms with Crippen LogP contribution in [0.5, 0.6) is 5.75 Å². The standard InChI is InChI=1S/C33H50O4S/c1-3-5-6-7-8-9-10-11-12-13-14-15-16-17-28-37-31-24-20-29(21-25-31)18-19-30-22-26-32(27-23-30)38(35,36)33(34)4-2/h18-27,33-34H,3-17,28H2,1-2H3. The van der Waals surface area contributed by atoms with Gasteiger partial charge < -0.3 is 9.84 Å². The minimum atomic E-state index is -3.68. The molecule has 0 fully saturated rings. The fourth-order valence-electron chi connectivity index (χ4n) is 4.50. The summed E-state index contributed by atoms with van der Waals surface area (Å²) in [5.41, 5.74) is 0.582. The van der Waals surface area contributed by atoms with E-state index in [1.54, 1.807) is 31.2 Å². The van der Waals surface area contributed by atoms with Gasteiger partial charge in [0, 0.05) is 0 Å². The zero-order valence-corrected chi connectivity index (χ0v) is 24.6. The van der Waals surface area contributed by atoms with E-state index in [-0.39, 0.29) is 11.3 Å². The predicted octanol–water partition coefficient (Wildman–Crippen LogP) is 9.22. The highest BCUT2D eigenvalue weighted by Crippen LogP contribution is 2.20. The van der Waals surface area contributed by atoms with Crippen LogP contribution in [0.25, 0.3) is 12.2 Å². The maximum Gasteiger partial charge on any atom is 0.204 e. The number of aliphatic hydroxyl groups is 1. The Labute approximate surface area is 232 Å². The molecule has 1 unspecified atom stereocenters. The topological polar surface area (TPSA) is 63.6 Å². The van der Waals surface area contributed by atoms with Gasteiger partial charge in [-0.2, -0.15) is 0 Å². The molecule has 0 bridgehead atoms. The second kappa shape index (κ2) is 19.0. The summed E-state index contributed by atoms with van der Waals surface area (Å²) in [6, 6.07) is 14.6. The lowest BCUT2D eigenvalue weighted by molar-refractivity contribution is 0.244. The van der Waals surface area contributed by atoms with Crippen molar-refractivity contribution < 1.29 is 18.3 Å². The molecule has 0 aliphatic heterocycles. The molecule has 0 radical (unpaired) electrons. The maximum atomic E-state index is 12.2. The molecule has 2 rings (SSSR count). The Hall–Kier alpha value is -2.11. The van der Waals surface area contributed by atoms with Crippen LogP contribution in [0.15, 0.2) is 53.4 Å². The molecule has 4 nitrogen and oxygen atoms in total. The second-order valence-electron chi connectivity index (χ2n) is 10.3. The number of hydrogen-bond acceptors (Lipinski definition) is 4. The molecule has 212 valence electrons. The van der Waals surface area contributed by atoms with Crippen LogP contribution in [0.3, 0.4) is 0 Å². The molecular weight excluding hydrogens is 492 g/mol. The summed E-state index contributed by atoms with van der Waals surface area (Å²) in [7, 11) is -3.68. The summed E-state index contributed by atoms with van der Waals surface area (Å²) in [5.74, 6) is 0.890. The van der Waals surface area contributed by atoms with Crippen LogP contribution in [0.1, 0.15) is 121 Å². The van der Waals surface area contributed by atoms with Gasteiger partial charge >= 0.3 is 0 Å². The number of rotatable bonds is 21. The first kappa shape index (κ1) is 32.1. The van der Waals surface area contributed by atoms with Gasteiger partial charge in [-0.05, 0) is 48.2 Å². The van der Waals surface area contributed by atoms with Crippen LogP contribution in [-0.2, 0) is 9.84 Å². The molecule has 0 heterocycles. The van der Waals surface area contributed by atoms with Gasteiger partial charge in [0.05, 0.1) is 11.5 Å². The van der Waals surface area contributed by atoms with E-state index < -0.39 is 15.3 Å². The number of benzene rings is 2. The summed E-state index contributed by atoms with van der Waals surface area (Å²) >= 11 is 0. The molecule has 0 saturated carbocycles. The Morgan fingerprint density at radius 1 is 0.658 bits per heavy atom. The molecule has 38 heavy (non-hydrogen) atoms. The lowest BCUT2D eigenvalue weighted by Gasteiger charge is -2.09. The minimum absolute atomic E-state index is 0.143. The first-order valence-corrected chi connectivity index (χ1v) is 16.4. The van der Waals surface area contributed by atoms with Crippen molar-refractivity contribution in [2.45, 2.75) is 120 Å². The molecule has 0 aliphatic rings. The van der Waals surface area contributed by atoms with Crippen molar-refractivity contribution in [3.63, 3.8) is 0 Å². The monoisotopic (exact) mass is 542 g/mol. The largest absolute Gasteiger partial charge is 0.494 e. The van der Waals surface area contributed by atoms with Gasteiger partial charge in [0.2, 0.25) is 9.84 Å². The van der Waals surface area contributed by atoms with Crippen molar-refractivity contribution >= 4 is 22.0 Å². The van der Waals surface area contributed by atoms with Gasteiger partial charge in [-0.15, -0.1) is 0 Å². The second-order valence-corrected chi connectivity index (χ2v) is 12.4. The Morgan fingerprint density at radius 2 is 1.08 bits per heavy atom. The van der Waals surface area contributed by atoms with E-state index in [2.05, 4.69) is 6.92 Å². The van der Waals surface area contributed by atoms with Crippen molar-refractivity contribution in [3.05, 3.63) is 59.7 Å². The molecule has 2 aromatic rings. The maximum absolute atomic E-state index is 12.2. The van der Waals surface area contributed by atoms with Crippen LogP contribution in [0.4, 0.5) is 0 Å². The summed E-state index contributed by atoms with van der Waals surface area (Å²) < 4.78 is 30.4. The van der Waals surface area contributed by atoms with Gasteiger partial charge in [-0.25, -0.2) is 8.42 Å². The van der Waals surface area contributed by atoms with E-state index >= 15 is 0 Å². The SMILES string of the molecule is CCCCCCCCCCCCCCCCOc1ccc(C=Cc2ccc(S(=O)(=O)C(O)CC)cc2)cc1. The third-order valence-corrected chi connectivity index (χ3v) is 9.01. The third kappa shape index (κ3) is 12.6. The highest BCUT2D eigenvalue weighted by atomic mass is 32.2. The lowest BCUT2D eigenvalue weighted by Crippen LogP contribution is -2.19. The highest BCUT2D eigenvalue weighted by Gasteiger charge is 2.23. The lowest BCUT2D eigenvalue weighted by atomic mass is 10.0. The molecule has 1 N–H and O–H groups in total. The zero-order chi connectivity index (χ0) is 27.5. The first-order chi connectivity index (χ1) is 18.5. The summed E-state index contributed by atoms with van der Waals surface area (Å²) in [6.07, 6.45) is 23.1. The van der Waals surface area contributed by atoms with Gasteiger partial charge in [0.1, 0.15) is 5.75 Å². The fraction of sp³-hybridized carbons (Fsp3) is 0.576. The fourth-order valence-corrected chi connectivity index (χ4v) is 5.77. The highest BCUT2D eigenvalue weighted by molar-refractivity contribution is 7.91. The first-order valence-electron chi connectivity index (χ1n) is 14.9. The summed E-state index contributed by atoms with van der Waals surface area (Å²) in [6.45, 7) is 4.68. The smallest absolute Gasteiger partial charge is 0.204 e. The van der Waals surface area contributed by atoms with Crippen molar-refractivity contribution in [3.8, 4) is 5.75 Å². The quantitative estimate of drug-likeness (QED) is 0.126. The van der Waals surface area contributed by atoms with Crippen molar-refractivity contribution in [2.24, 2.45) is 0 Å². The molecule has 0 aromatic heterocycles. The summed E-state index contributed by atoms with van der Waals surface area (Å²) in [4.78, 5) is 0.143. The van der Waals surface area contributed by atoms with Crippen molar-refractivity contribution in [1.29, 1.82) is 0 Å². The van der Waals surface area contributed by atoms with Crippen LogP contribution in [-0.4, -0.2) is 25.6 Å². The number of hydrogen-bond donors (Lipinski definition) is 1. The van der Waals surface area contributed by atoms with Gasteiger partial charge in [-0.3, -0.25) is 0 Å². The Bertz CT molecular complexity index is 994. The number of ether oxygens (including phenoxy) is 1. The molecule has 0 spiro atoms. The van der Waals surface area contributed by atoms with E-state index in [1.165, 1.54) is 83.5 Å². The van der Waals surface area contributed by atoms with E-state index in [0.717, 1.165) is 29.9 Å². The number of unbranched alkanes of at least 4 members (excludes halogenated alkanes) is 13. The molecule has 5 heteroatoms. The van der Waals surface area contributed by atoms with Crippen LogP contribution in [0.2, 0.25) is 0 Å². The average molecular weight is 543 g/mol. The van der Waals surface area contributed by atoms with E-state index in [1.807, 2.05) is 36.4 Å². The van der Waals surface area contributed by atoms with E-state index in [0.29, 0.717) is 0 Å². The van der Waals surface area contributed by atoms with Crippen LogP contribution < -0.4 is 4.74 Å². The van der Waals surface area contributed by atoms with Gasteiger partial charge in [0.25, 0.3) is 0 Å². The molecular formula is C33H50O4S. The minimum Gasteiger partial charge on any atom is -0.494 e. The summed E-state index contributed by atoms with van der Waals surface area (Å²) in [5, 5.41) is 9.74. The Morgan fingerprint density at radius 3 is 1.53 bits per heavy atom. The number of sulfone groups is 1. The zero-order valence-electron chi connectivity index (χ0n) is 23.7. The Balaban J connectivity index is 1.55.